The molecule has 2 aromatic rings. The van der Waals surface area contributed by atoms with Gasteiger partial charge in [-0.1, -0.05) is 0 Å². The van der Waals surface area contributed by atoms with E-state index in [2.05, 4.69) is 9.52 Å². The van der Waals surface area contributed by atoms with Gasteiger partial charge >= 0.3 is 11.6 Å². The van der Waals surface area contributed by atoms with Crippen LogP contribution in [0.1, 0.15) is 17.5 Å². The molecule has 134 valence electrons. The van der Waals surface area contributed by atoms with Crippen LogP contribution in [-0.4, -0.2) is 32.0 Å². The van der Waals surface area contributed by atoms with E-state index in [1.807, 2.05) is 0 Å². The van der Waals surface area contributed by atoms with Gasteiger partial charge in [-0.05, 0) is 6.07 Å². The van der Waals surface area contributed by atoms with Crippen LogP contribution in [0.25, 0.3) is 0 Å². The van der Waals surface area contributed by atoms with E-state index in [1.165, 1.54) is 0 Å². The van der Waals surface area contributed by atoms with E-state index >= 15 is 0 Å². The molecule has 1 amide bonds. The van der Waals surface area contributed by atoms with E-state index in [4.69, 9.17) is 2.78 Å². The quantitative estimate of drug-likeness (QED) is 0.327. The Bertz CT molecular complexity index is 1030. The zero-order valence-corrected chi connectivity index (χ0v) is 12.3. The summed E-state index contributed by atoms with van der Waals surface area (Å²) < 4.78 is 19.7. The molecule has 0 saturated heterocycles. The van der Waals surface area contributed by atoms with Gasteiger partial charge in [0.1, 0.15) is 4.92 Å². The lowest BCUT2D eigenvalue weighted by molar-refractivity contribution is -0.402. The number of rotatable bonds is 6. The highest BCUT2D eigenvalue weighted by molar-refractivity contribution is 5.99. The molecule has 1 heterocycles. The number of hydrogen-bond donors (Lipinski definition) is 2. The number of phenolic OH excluding ortho intramolecular Hbond substituents is 1. The number of phenols is 1. The second-order valence-corrected chi connectivity index (χ2v) is 4.39. The van der Waals surface area contributed by atoms with E-state index in [1.54, 1.807) is 0 Å². The molecule has 14 nitrogen and oxygen atoms in total. The minimum Gasteiger partial charge on any atom is -0.502 e. The molecule has 0 saturated carbocycles. The van der Waals surface area contributed by atoms with Gasteiger partial charge in [-0.2, -0.15) is 5.10 Å². The number of non-ortho nitro benzene ring substituents is 1. The molecule has 0 radical (unpaired) electrons. The fourth-order valence-electron chi connectivity index (χ4n) is 1.67. The Morgan fingerprint density at radius 3 is 2.46 bits per heavy atom. The molecule has 0 unspecified atom stereocenters. The summed E-state index contributed by atoms with van der Waals surface area (Å²) in [6.45, 7) is 0. The number of hydrazone groups is 1. The molecular weight excluding hydrogens is 360 g/mol. The molecule has 0 fully saturated rings. The molecule has 0 aliphatic carbocycles. The van der Waals surface area contributed by atoms with Crippen molar-refractivity contribution in [3.63, 3.8) is 0 Å². The normalized spacial score (nSPS) is 12.1. The van der Waals surface area contributed by atoms with Gasteiger partial charge in [-0.25, -0.2) is 5.42 Å². The standard InChI is InChI=1S/C12H7N5O9/c18-11-8(3-6(15(20)21)4-9(11)16(22)23)12(19)14-13-5-7-1-2-10(26-7)17(24)25/h1-5,18H,(H,14,19)/b13-5+/i5D,13+1,14+1/hD. The number of nitrogens with zero attached hydrogens (tertiary/aromatic N) is 4. The highest BCUT2D eigenvalue weighted by atomic mass is 16.7. The first-order valence-corrected chi connectivity index (χ1v) is 6.31. The van der Waals surface area contributed by atoms with Crippen molar-refractivity contribution in [3.8, 4) is 5.75 Å². The van der Waals surface area contributed by atoms with Gasteiger partial charge in [0.25, 0.3) is 11.6 Å². The predicted molar refractivity (Wildman–Crippen MR) is 81.8 cm³/mol. The molecular formula is C12H7N5O9. The number of hydrogen-bond acceptors (Lipinski definition) is 10. The largest absolute Gasteiger partial charge is 0.502 e. The smallest absolute Gasteiger partial charge is 0.433 e. The lowest BCUT2D eigenvalue weighted by Crippen LogP contribution is -2.18. The first kappa shape index (κ1) is 15.2. The van der Waals surface area contributed by atoms with Crippen LogP contribution in [0.3, 0.4) is 0 Å². The number of carbonyl (C=O) groups excluding carboxylic acids is 1. The second kappa shape index (κ2) is 7.04. The summed E-state index contributed by atoms with van der Waals surface area (Å²) in [6.07, 6.45) is -0.907. The van der Waals surface area contributed by atoms with Crippen LogP contribution >= 0.6 is 0 Å². The summed E-state index contributed by atoms with van der Waals surface area (Å²) in [5.41, 5.74) is -3.34. The number of furan rings is 1. The third-order valence-corrected chi connectivity index (χ3v) is 2.79. The van der Waals surface area contributed by atoms with Crippen LogP contribution in [-0.2, 0) is 0 Å². The fraction of sp³-hybridized carbons (Fsp3) is 0. The first-order valence-electron chi connectivity index (χ1n) is 7.26. The highest BCUT2D eigenvalue weighted by Gasteiger charge is 2.27. The zero-order valence-electron chi connectivity index (χ0n) is 14.3. The second-order valence-electron chi connectivity index (χ2n) is 4.39. The summed E-state index contributed by atoms with van der Waals surface area (Å²) in [6, 6.07) is 2.77. The number of nitro groups is 3. The van der Waals surface area contributed by atoms with Crippen molar-refractivity contribution in [2.24, 2.45) is 5.10 Å². The van der Waals surface area contributed by atoms with Crippen LogP contribution < -0.4 is 5.42 Å². The van der Waals surface area contributed by atoms with Crippen molar-refractivity contribution >= 4 is 29.4 Å². The minimum absolute atomic E-state index is 0.292. The molecule has 0 aliphatic rings. The molecule has 1 aromatic heterocycles. The number of amides is 1. The number of benzene rings is 1. The van der Waals surface area contributed by atoms with Gasteiger partial charge in [0, 0.05) is 6.07 Å². The van der Waals surface area contributed by atoms with Gasteiger partial charge in [0.15, 0.2) is 7.17 Å². The van der Waals surface area contributed by atoms with Gasteiger partial charge in [0.2, 0.25) is 5.75 Å². The minimum atomic E-state index is -1.55. The van der Waals surface area contributed by atoms with Crippen LogP contribution in [0.4, 0.5) is 17.3 Å². The zero-order chi connectivity index (χ0) is 21.2. The first-order chi connectivity index (χ1) is 13.0. The SMILES string of the molecule is [2H]/C(=[15N]\[15N]([2H])C(=O)c1cc([N+](=O)[O-])cc([N+](=O)[O-])c1O)c1ccc([N+](=O)[O-])o1. The molecule has 2 rings (SSSR count). The topological polar surface area (TPSA) is 204 Å². The molecule has 2 N–H and O–H groups in total. The third kappa shape index (κ3) is 3.75. The third-order valence-electron chi connectivity index (χ3n) is 2.79. The molecule has 1 aromatic carbocycles. The van der Waals surface area contributed by atoms with Crippen LogP contribution in [0.2, 0.25) is 1.41 Å². The molecule has 0 atom stereocenters. The Morgan fingerprint density at radius 2 is 1.92 bits per heavy atom. The molecule has 0 aliphatic heterocycles. The number of nitrogens with one attached hydrogen (secondary N) is 1. The van der Waals surface area contributed by atoms with Crippen molar-refractivity contribution in [3.05, 3.63) is 65.9 Å². The molecule has 14 heteroatoms. The summed E-state index contributed by atoms with van der Waals surface area (Å²) in [5, 5.41) is 45.2. The average molecular weight is 369 g/mol. The maximum Gasteiger partial charge on any atom is 0.433 e. The van der Waals surface area contributed by atoms with Crippen molar-refractivity contribution in [2.45, 2.75) is 0 Å². The van der Waals surface area contributed by atoms with E-state index in [-0.39, 0.29) is 5.42 Å². The predicted octanol–water partition coefficient (Wildman–Crippen LogP) is 1.47. The average Bonchev–Trinajstić information content (AvgIpc) is 3.11. The van der Waals surface area contributed by atoms with Crippen molar-refractivity contribution in [2.75, 3.05) is 0 Å². The fourth-order valence-corrected chi connectivity index (χ4v) is 1.67. The summed E-state index contributed by atoms with van der Waals surface area (Å²) in [5.74, 6) is -4.00. The maximum absolute atomic E-state index is 12.2. The summed E-state index contributed by atoms with van der Waals surface area (Å²) in [4.78, 5) is 41.3. The van der Waals surface area contributed by atoms with Crippen molar-refractivity contribution < 1.29 is 31.9 Å². The summed E-state index contributed by atoms with van der Waals surface area (Å²) in [7, 11) is 0. The van der Waals surface area contributed by atoms with Crippen molar-refractivity contribution in [1.82, 2.24) is 5.42 Å². The Balaban J connectivity index is 2.42. The number of carbonyl (C=O) groups is 1. The number of nitro benzene ring substituents is 2. The van der Waals surface area contributed by atoms with E-state index in [0.29, 0.717) is 12.1 Å². The summed E-state index contributed by atoms with van der Waals surface area (Å²) >= 11 is 0. The van der Waals surface area contributed by atoms with Gasteiger partial charge in [-0.3, -0.25) is 35.1 Å². The number of aromatic hydroxyl groups is 1. The van der Waals surface area contributed by atoms with E-state index in [9.17, 15) is 40.2 Å². The maximum atomic E-state index is 12.2. The highest BCUT2D eigenvalue weighted by Crippen LogP contribution is 2.34. The van der Waals surface area contributed by atoms with Crippen LogP contribution in [0, 0.1) is 30.3 Å². The Kier molecular flexibility index (Phi) is 4.11. The van der Waals surface area contributed by atoms with Crippen LogP contribution in [0.15, 0.2) is 33.8 Å². The van der Waals surface area contributed by atoms with E-state index < -0.39 is 61.2 Å². The molecule has 0 spiro atoms. The van der Waals surface area contributed by atoms with Gasteiger partial charge < -0.3 is 9.52 Å². The monoisotopic (exact) mass is 369 g/mol. The Hall–Kier alpha value is -4.36. The molecule has 0 bridgehead atoms. The lowest BCUT2D eigenvalue weighted by Gasteiger charge is -2.03. The van der Waals surface area contributed by atoms with Gasteiger partial charge in [0.05, 0.1) is 35.1 Å². The van der Waals surface area contributed by atoms with Gasteiger partial charge in [-0.15, -0.1) is 0 Å². The Labute approximate surface area is 144 Å². The molecule has 26 heavy (non-hydrogen) atoms. The Morgan fingerprint density at radius 1 is 1.23 bits per heavy atom. The lowest BCUT2D eigenvalue weighted by atomic mass is 10.1. The van der Waals surface area contributed by atoms with Crippen molar-refractivity contribution in [1.29, 1.82) is 0 Å². The van der Waals surface area contributed by atoms with E-state index in [0.717, 1.165) is 12.1 Å². The van der Waals surface area contributed by atoms with Crippen LogP contribution in [0.5, 0.6) is 5.75 Å².